The second-order valence-electron chi connectivity index (χ2n) is 3.67. The number of nitrogens with zero attached hydrogens (tertiary/aromatic N) is 1. The highest BCUT2D eigenvalue weighted by atomic mass is 32.2. The largest absolute Gasteiger partial charge is 0.316 e. The molecule has 1 atom stereocenters. The third-order valence-electron chi connectivity index (χ3n) is 1.83. The van der Waals surface area contributed by atoms with Crippen molar-refractivity contribution >= 4 is 9.84 Å². The minimum atomic E-state index is -2.82. The van der Waals surface area contributed by atoms with Gasteiger partial charge in [0.1, 0.15) is 9.84 Å². The zero-order chi connectivity index (χ0) is 10.5. The van der Waals surface area contributed by atoms with Crippen LogP contribution in [0.3, 0.4) is 0 Å². The van der Waals surface area contributed by atoms with Crippen molar-refractivity contribution in [2.45, 2.75) is 12.5 Å². The number of nitrogens with one attached hydrogen (secondary N) is 1. The summed E-state index contributed by atoms with van der Waals surface area (Å²) in [4.78, 5) is 2.05. The van der Waals surface area contributed by atoms with Crippen molar-refractivity contribution in [3.05, 3.63) is 0 Å². The van der Waals surface area contributed by atoms with Crippen LogP contribution in [0.25, 0.3) is 0 Å². The van der Waals surface area contributed by atoms with E-state index in [-0.39, 0.29) is 11.8 Å². The fraction of sp³-hybridized carbons (Fsp3) is 1.00. The van der Waals surface area contributed by atoms with Crippen molar-refractivity contribution < 1.29 is 8.42 Å². The molecule has 0 aliphatic heterocycles. The van der Waals surface area contributed by atoms with E-state index in [1.807, 2.05) is 26.0 Å². The van der Waals surface area contributed by atoms with Crippen LogP contribution in [0.5, 0.6) is 0 Å². The standard InChI is InChI=1S/C8H20N2O2S/c1-9-8(7-10(2)3)5-6-13(4,11)12/h8-9H,5-7H2,1-4H3. The van der Waals surface area contributed by atoms with Gasteiger partial charge in [0.25, 0.3) is 0 Å². The summed E-state index contributed by atoms with van der Waals surface area (Å²) in [5.74, 6) is 0.256. The summed E-state index contributed by atoms with van der Waals surface area (Å²) in [5.41, 5.74) is 0. The van der Waals surface area contributed by atoms with E-state index in [1.54, 1.807) is 0 Å². The van der Waals surface area contributed by atoms with Crippen molar-refractivity contribution in [3.8, 4) is 0 Å². The molecule has 1 unspecified atom stereocenters. The second kappa shape index (κ2) is 5.57. The van der Waals surface area contributed by atoms with E-state index >= 15 is 0 Å². The first-order valence-electron chi connectivity index (χ1n) is 4.35. The average Bonchev–Trinajstić information content (AvgIpc) is 1.95. The zero-order valence-electron chi connectivity index (χ0n) is 8.87. The van der Waals surface area contributed by atoms with Crippen LogP contribution in [0.4, 0.5) is 0 Å². The molecule has 0 spiro atoms. The Labute approximate surface area is 81.2 Å². The Morgan fingerprint density at radius 3 is 2.23 bits per heavy atom. The first-order chi connectivity index (χ1) is 5.85. The molecular formula is C8H20N2O2S. The number of likely N-dealkylation sites (N-methyl/N-ethyl adjacent to an activating group) is 2. The fourth-order valence-electron chi connectivity index (χ4n) is 1.12. The molecule has 5 heteroatoms. The molecule has 0 saturated heterocycles. The van der Waals surface area contributed by atoms with Crippen molar-refractivity contribution in [1.82, 2.24) is 10.2 Å². The number of hydrogen-bond acceptors (Lipinski definition) is 4. The molecular weight excluding hydrogens is 188 g/mol. The van der Waals surface area contributed by atoms with E-state index in [9.17, 15) is 8.42 Å². The van der Waals surface area contributed by atoms with E-state index in [2.05, 4.69) is 5.32 Å². The molecule has 0 aromatic rings. The molecule has 0 fully saturated rings. The lowest BCUT2D eigenvalue weighted by molar-refractivity contribution is 0.343. The van der Waals surface area contributed by atoms with Gasteiger partial charge in [-0.1, -0.05) is 0 Å². The first-order valence-corrected chi connectivity index (χ1v) is 6.41. The van der Waals surface area contributed by atoms with Gasteiger partial charge >= 0.3 is 0 Å². The highest BCUT2D eigenvalue weighted by Gasteiger charge is 2.10. The molecule has 4 nitrogen and oxygen atoms in total. The quantitative estimate of drug-likeness (QED) is 0.643. The molecule has 0 rings (SSSR count). The molecule has 0 radical (unpaired) electrons. The SMILES string of the molecule is CNC(CCS(C)(=O)=O)CN(C)C. The van der Waals surface area contributed by atoms with Gasteiger partial charge in [0, 0.05) is 18.8 Å². The third kappa shape index (κ3) is 8.21. The topological polar surface area (TPSA) is 49.4 Å². The molecule has 0 saturated carbocycles. The van der Waals surface area contributed by atoms with E-state index in [1.165, 1.54) is 6.26 Å². The van der Waals surface area contributed by atoms with Crippen molar-refractivity contribution in [3.63, 3.8) is 0 Å². The van der Waals surface area contributed by atoms with E-state index in [0.717, 1.165) is 6.54 Å². The summed E-state index contributed by atoms with van der Waals surface area (Å²) >= 11 is 0. The third-order valence-corrected chi connectivity index (χ3v) is 2.81. The Kier molecular flexibility index (Phi) is 5.51. The van der Waals surface area contributed by atoms with Crippen LogP contribution >= 0.6 is 0 Å². The van der Waals surface area contributed by atoms with E-state index < -0.39 is 9.84 Å². The molecule has 0 aromatic heterocycles. The van der Waals surface area contributed by atoms with Gasteiger partial charge < -0.3 is 10.2 Å². The summed E-state index contributed by atoms with van der Waals surface area (Å²) in [7, 11) is 2.99. The average molecular weight is 208 g/mol. The summed E-state index contributed by atoms with van der Waals surface area (Å²) in [5, 5.41) is 3.10. The fourth-order valence-corrected chi connectivity index (χ4v) is 1.84. The molecule has 1 N–H and O–H groups in total. The Morgan fingerprint density at radius 2 is 1.92 bits per heavy atom. The Balaban J connectivity index is 3.86. The molecule has 0 amide bonds. The van der Waals surface area contributed by atoms with Crippen LogP contribution in [0.15, 0.2) is 0 Å². The van der Waals surface area contributed by atoms with Gasteiger partial charge in [-0.15, -0.1) is 0 Å². The second-order valence-corrected chi connectivity index (χ2v) is 5.93. The number of hydrogen-bond donors (Lipinski definition) is 1. The van der Waals surface area contributed by atoms with Crippen LogP contribution in [0.1, 0.15) is 6.42 Å². The monoisotopic (exact) mass is 208 g/mol. The minimum Gasteiger partial charge on any atom is -0.316 e. The van der Waals surface area contributed by atoms with Crippen LogP contribution in [0, 0.1) is 0 Å². The maximum atomic E-state index is 10.9. The van der Waals surface area contributed by atoms with Crippen LogP contribution in [-0.4, -0.2) is 59.1 Å². The lowest BCUT2D eigenvalue weighted by Gasteiger charge is -2.19. The summed E-state index contributed by atoms with van der Waals surface area (Å²) in [6, 6.07) is 0.254. The molecule has 0 aliphatic rings. The van der Waals surface area contributed by atoms with Gasteiger partial charge in [-0.25, -0.2) is 8.42 Å². The van der Waals surface area contributed by atoms with Gasteiger partial charge in [0.05, 0.1) is 5.75 Å². The van der Waals surface area contributed by atoms with Crippen LogP contribution in [-0.2, 0) is 9.84 Å². The maximum absolute atomic E-state index is 10.9. The Hall–Kier alpha value is -0.130. The van der Waals surface area contributed by atoms with Gasteiger partial charge in [-0.2, -0.15) is 0 Å². The van der Waals surface area contributed by atoms with Crippen molar-refractivity contribution in [1.29, 1.82) is 0 Å². The normalized spacial score (nSPS) is 14.8. The minimum absolute atomic E-state index is 0.254. The Morgan fingerprint density at radius 1 is 1.38 bits per heavy atom. The molecule has 0 aromatic carbocycles. The van der Waals surface area contributed by atoms with Crippen molar-refractivity contribution in [2.75, 3.05) is 39.7 Å². The van der Waals surface area contributed by atoms with Crippen LogP contribution in [0.2, 0.25) is 0 Å². The predicted molar refractivity (Wildman–Crippen MR) is 55.7 cm³/mol. The maximum Gasteiger partial charge on any atom is 0.147 e. The van der Waals surface area contributed by atoms with Gasteiger partial charge in [0.2, 0.25) is 0 Å². The van der Waals surface area contributed by atoms with E-state index in [4.69, 9.17) is 0 Å². The summed E-state index contributed by atoms with van der Waals surface area (Å²) in [6.07, 6.45) is 1.95. The zero-order valence-corrected chi connectivity index (χ0v) is 9.69. The van der Waals surface area contributed by atoms with Crippen molar-refractivity contribution in [2.24, 2.45) is 0 Å². The lowest BCUT2D eigenvalue weighted by Crippen LogP contribution is -2.37. The summed E-state index contributed by atoms with van der Waals surface area (Å²) in [6.45, 7) is 0.867. The van der Waals surface area contributed by atoms with Gasteiger partial charge in [-0.3, -0.25) is 0 Å². The summed E-state index contributed by atoms with van der Waals surface area (Å²) < 4.78 is 21.8. The van der Waals surface area contributed by atoms with Crippen LogP contribution < -0.4 is 5.32 Å². The highest BCUT2D eigenvalue weighted by Crippen LogP contribution is 1.96. The lowest BCUT2D eigenvalue weighted by atomic mass is 10.2. The molecule has 80 valence electrons. The van der Waals surface area contributed by atoms with Gasteiger partial charge in [-0.05, 0) is 27.6 Å². The molecule has 0 heterocycles. The highest BCUT2D eigenvalue weighted by molar-refractivity contribution is 7.90. The molecule has 0 aliphatic carbocycles. The number of sulfone groups is 1. The molecule has 0 bridgehead atoms. The smallest absolute Gasteiger partial charge is 0.147 e. The van der Waals surface area contributed by atoms with E-state index in [0.29, 0.717) is 6.42 Å². The Bertz CT molecular complexity index is 224. The molecule has 13 heavy (non-hydrogen) atoms. The van der Waals surface area contributed by atoms with Gasteiger partial charge in [0.15, 0.2) is 0 Å². The predicted octanol–water partition coefficient (Wildman–Crippen LogP) is -0.429. The number of rotatable bonds is 6. The first kappa shape index (κ1) is 12.9.